The van der Waals surface area contributed by atoms with Gasteiger partial charge in [0.1, 0.15) is 17.2 Å². The van der Waals surface area contributed by atoms with Crippen LogP contribution in [0.3, 0.4) is 0 Å². The molecule has 1 atom stereocenters. The van der Waals surface area contributed by atoms with E-state index >= 15 is 0 Å². The first-order valence-electron chi connectivity index (χ1n) is 8.26. The van der Waals surface area contributed by atoms with E-state index in [0.29, 0.717) is 31.6 Å². The third kappa shape index (κ3) is 3.50. The molecule has 3 N–H and O–H groups in total. The largest absolute Gasteiger partial charge is 0.487 e. The Hall–Kier alpha value is -1.62. The molecule has 1 aromatic rings. The Bertz CT molecular complexity index is 574. The number of fused-ring (bicyclic) bond motifs is 1. The van der Waals surface area contributed by atoms with Crippen LogP contribution in [0.4, 0.5) is 4.39 Å². The summed E-state index contributed by atoms with van der Waals surface area (Å²) in [5.74, 6) is 0.116. The van der Waals surface area contributed by atoms with Gasteiger partial charge in [-0.25, -0.2) is 4.39 Å². The van der Waals surface area contributed by atoms with Crippen molar-refractivity contribution in [3.63, 3.8) is 0 Å². The minimum Gasteiger partial charge on any atom is -0.487 e. The fraction of sp³-hybridized carbons (Fsp3) is 0.611. The molecule has 0 fully saturated rings. The highest BCUT2D eigenvalue weighted by Crippen LogP contribution is 2.40. The van der Waals surface area contributed by atoms with E-state index < -0.39 is 11.0 Å². The van der Waals surface area contributed by atoms with Crippen molar-refractivity contribution in [1.29, 1.82) is 0 Å². The zero-order chi connectivity index (χ0) is 17.3. The number of hydrogen-bond acceptors (Lipinski definition) is 3. The molecule has 23 heavy (non-hydrogen) atoms. The van der Waals surface area contributed by atoms with E-state index in [4.69, 9.17) is 10.5 Å². The summed E-state index contributed by atoms with van der Waals surface area (Å²) >= 11 is 0. The molecule has 0 saturated heterocycles. The second kappa shape index (κ2) is 6.48. The quantitative estimate of drug-likeness (QED) is 0.874. The van der Waals surface area contributed by atoms with E-state index in [1.807, 2.05) is 27.7 Å². The van der Waals surface area contributed by atoms with Gasteiger partial charge in [-0.3, -0.25) is 4.79 Å². The summed E-state index contributed by atoms with van der Waals surface area (Å²) in [5.41, 5.74) is 5.66. The first-order valence-corrected chi connectivity index (χ1v) is 8.26. The Labute approximate surface area is 137 Å². The highest BCUT2D eigenvalue weighted by Gasteiger charge is 2.39. The summed E-state index contributed by atoms with van der Waals surface area (Å²) in [4.78, 5) is 12.8. The van der Waals surface area contributed by atoms with Crippen LogP contribution in [0.15, 0.2) is 18.2 Å². The number of benzene rings is 1. The number of carbonyl (C=O) groups excluding carboxylic acids is 1. The van der Waals surface area contributed by atoms with Gasteiger partial charge in [0, 0.05) is 24.6 Å². The van der Waals surface area contributed by atoms with Crippen LogP contribution < -0.4 is 15.8 Å². The molecule has 0 radical (unpaired) electrons. The van der Waals surface area contributed by atoms with Crippen molar-refractivity contribution in [1.82, 2.24) is 5.32 Å². The number of halogens is 1. The molecular weight excluding hydrogens is 295 g/mol. The van der Waals surface area contributed by atoms with Crippen LogP contribution in [0.5, 0.6) is 5.75 Å². The highest BCUT2D eigenvalue weighted by atomic mass is 19.1. The minimum absolute atomic E-state index is 0.0389. The van der Waals surface area contributed by atoms with Gasteiger partial charge < -0.3 is 15.8 Å². The zero-order valence-corrected chi connectivity index (χ0v) is 14.4. The number of ether oxygens (including phenoxy) is 1. The Kier molecular flexibility index (Phi) is 4.99. The van der Waals surface area contributed by atoms with Crippen molar-refractivity contribution < 1.29 is 13.9 Å². The lowest BCUT2D eigenvalue weighted by molar-refractivity contribution is -0.132. The molecule has 2 rings (SSSR count). The van der Waals surface area contributed by atoms with E-state index in [-0.39, 0.29) is 17.8 Å². The molecule has 5 heteroatoms. The lowest BCUT2D eigenvalue weighted by Gasteiger charge is -2.39. The Morgan fingerprint density at radius 3 is 2.65 bits per heavy atom. The molecule has 1 unspecified atom stereocenters. The second-order valence-corrected chi connectivity index (χ2v) is 6.97. The zero-order valence-electron chi connectivity index (χ0n) is 14.4. The lowest BCUT2D eigenvalue weighted by atomic mass is 9.80. The molecule has 4 nitrogen and oxygen atoms in total. The van der Waals surface area contributed by atoms with E-state index in [1.165, 1.54) is 12.1 Å². The van der Waals surface area contributed by atoms with Crippen LogP contribution in [0.1, 0.15) is 58.6 Å². The van der Waals surface area contributed by atoms with Crippen molar-refractivity contribution in [2.45, 2.75) is 58.6 Å². The van der Waals surface area contributed by atoms with Gasteiger partial charge in [0.05, 0.1) is 11.5 Å². The van der Waals surface area contributed by atoms with Crippen LogP contribution in [0.2, 0.25) is 0 Å². The molecule has 1 aromatic carbocycles. The smallest absolute Gasteiger partial charge is 0.227 e. The molecule has 0 spiro atoms. The maximum atomic E-state index is 13.5. The van der Waals surface area contributed by atoms with Crippen LogP contribution in [0, 0.1) is 11.2 Å². The summed E-state index contributed by atoms with van der Waals surface area (Å²) in [6.45, 7) is 8.15. The SMILES string of the molecule is CCC(CC)(CN)C(=O)NC1CC(C)(C)Oc2cc(F)ccc21. The monoisotopic (exact) mass is 322 g/mol. The Morgan fingerprint density at radius 1 is 1.43 bits per heavy atom. The van der Waals surface area contributed by atoms with Gasteiger partial charge in [-0.15, -0.1) is 0 Å². The summed E-state index contributed by atoms with van der Waals surface area (Å²) in [5, 5.41) is 3.12. The summed E-state index contributed by atoms with van der Waals surface area (Å²) < 4.78 is 19.4. The van der Waals surface area contributed by atoms with Crippen LogP contribution in [-0.4, -0.2) is 18.1 Å². The molecule has 1 aliphatic heterocycles. The van der Waals surface area contributed by atoms with Crippen molar-refractivity contribution in [2.75, 3.05) is 6.54 Å². The van der Waals surface area contributed by atoms with Gasteiger partial charge in [0.15, 0.2) is 0 Å². The summed E-state index contributed by atoms with van der Waals surface area (Å²) in [6.07, 6.45) is 2.01. The van der Waals surface area contributed by atoms with E-state index in [2.05, 4.69) is 5.32 Å². The van der Waals surface area contributed by atoms with E-state index in [1.54, 1.807) is 6.07 Å². The third-order valence-electron chi connectivity index (χ3n) is 4.96. The van der Waals surface area contributed by atoms with Crippen LogP contribution in [-0.2, 0) is 4.79 Å². The number of carbonyl (C=O) groups is 1. The second-order valence-electron chi connectivity index (χ2n) is 6.97. The maximum Gasteiger partial charge on any atom is 0.227 e. The standard InChI is InChI=1S/C18H27FN2O2/c1-5-18(6-2,11-20)16(22)21-14-10-17(3,4)23-15-9-12(19)7-8-13(14)15/h7-9,14H,5-6,10-11,20H2,1-4H3,(H,21,22). The van der Waals surface area contributed by atoms with Crippen molar-refractivity contribution in [2.24, 2.45) is 11.1 Å². The number of hydrogen-bond donors (Lipinski definition) is 2. The number of nitrogens with two attached hydrogens (primary N) is 1. The van der Waals surface area contributed by atoms with Crippen molar-refractivity contribution in [3.05, 3.63) is 29.6 Å². The number of amides is 1. The van der Waals surface area contributed by atoms with Crippen LogP contribution in [0.25, 0.3) is 0 Å². The van der Waals surface area contributed by atoms with E-state index in [0.717, 1.165) is 5.56 Å². The average Bonchev–Trinajstić information content (AvgIpc) is 2.48. The lowest BCUT2D eigenvalue weighted by Crippen LogP contribution is -2.49. The predicted octanol–water partition coefficient (Wildman–Crippen LogP) is 3.31. The number of nitrogens with one attached hydrogen (secondary N) is 1. The fourth-order valence-electron chi connectivity index (χ4n) is 3.22. The summed E-state index contributed by atoms with van der Waals surface area (Å²) in [7, 11) is 0. The first-order chi connectivity index (χ1) is 10.8. The van der Waals surface area contributed by atoms with Gasteiger partial charge in [0.25, 0.3) is 0 Å². The summed E-state index contributed by atoms with van der Waals surface area (Å²) in [6, 6.07) is 4.26. The minimum atomic E-state index is -0.553. The molecule has 0 saturated carbocycles. The molecule has 0 bridgehead atoms. The van der Waals surface area contributed by atoms with Crippen molar-refractivity contribution >= 4 is 5.91 Å². The fourth-order valence-corrected chi connectivity index (χ4v) is 3.22. The molecule has 0 aromatic heterocycles. The van der Waals surface area contributed by atoms with Gasteiger partial charge in [0.2, 0.25) is 5.91 Å². The Balaban J connectivity index is 2.31. The first kappa shape index (κ1) is 17.7. The number of rotatable bonds is 5. The molecule has 128 valence electrons. The molecule has 1 amide bonds. The van der Waals surface area contributed by atoms with Gasteiger partial charge in [-0.05, 0) is 32.8 Å². The van der Waals surface area contributed by atoms with Crippen LogP contribution >= 0.6 is 0 Å². The van der Waals surface area contributed by atoms with Crippen molar-refractivity contribution in [3.8, 4) is 5.75 Å². The van der Waals surface area contributed by atoms with E-state index in [9.17, 15) is 9.18 Å². The van der Waals surface area contributed by atoms with Gasteiger partial charge in [-0.2, -0.15) is 0 Å². The average molecular weight is 322 g/mol. The predicted molar refractivity (Wildman–Crippen MR) is 88.7 cm³/mol. The molecule has 1 heterocycles. The molecular formula is C18H27FN2O2. The molecule has 1 aliphatic rings. The topological polar surface area (TPSA) is 64.4 Å². The Morgan fingerprint density at radius 2 is 2.09 bits per heavy atom. The highest BCUT2D eigenvalue weighted by molar-refractivity contribution is 5.83. The third-order valence-corrected chi connectivity index (χ3v) is 4.96. The maximum absolute atomic E-state index is 13.5. The van der Waals surface area contributed by atoms with Gasteiger partial charge in [-0.1, -0.05) is 19.9 Å². The molecule has 0 aliphatic carbocycles. The van der Waals surface area contributed by atoms with Gasteiger partial charge >= 0.3 is 0 Å². The normalized spacial score (nSPS) is 19.7.